The molecule has 2 rings (SSSR count). The van der Waals surface area contributed by atoms with Gasteiger partial charge in [-0.1, -0.05) is 11.6 Å². The van der Waals surface area contributed by atoms with Crippen molar-refractivity contribution < 1.29 is 0 Å². The number of halogens is 1. The van der Waals surface area contributed by atoms with Crippen molar-refractivity contribution in [3.8, 4) is 11.4 Å². The predicted molar refractivity (Wildman–Crippen MR) is 49.4 cm³/mol. The molecule has 2 heterocycles. The first-order valence-electron chi connectivity index (χ1n) is 3.77. The summed E-state index contributed by atoms with van der Waals surface area (Å²) in [4.78, 5) is 7.04. The lowest BCUT2D eigenvalue weighted by Gasteiger charge is -1.99. The van der Waals surface area contributed by atoms with Gasteiger partial charge in [0.25, 0.3) is 0 Å². The minimum atomic E-state index is 0.362. The number of aromatic amines is 1. The second-order valence-electron chi connectivity index (χ2n) is 2.63. The van der Waals surface area contributed by atoms with Crippen LogP contribution in [0.2, 0.25) is 5.15 Å². The molecule has 0 saturated carbocycles. The van der Waals surface area contributed by atoms with Crippen LogP contribution in [0.25, 0.3) is 11.4 Å². The van der Waals surface area contributed by atoms with E-state index in [1.165, 1.54) is 0 Å². The zero-order valence-corrected chi connectivity index (χ0v) is 7.71. The van der Waals surface area contributed by atoms with Crippen molar-refractivity contribution in [2.45, 2.75) is 6.92 Å². The summed E-state index contributed by atoms with van der Waals surface area (Å²) < 4.78 is 0. The molecule has 0 atom stereocenters. The lowest BCUT2D eigenvalue weighted by atomic mass is 10.2. The first kappa shape index (κ1) is 8.19. The van der Waals surface area contributed by atoms with Gasteiger partial charge in [0.15, 0.2) is 5.15 Å². The Morgan fingerprint density at radius 1 is 1.38 bits per heavy atom. The average Bonchev–Trinajstić information content (AvgIpc) is 2.61. The van der Waals surface area contributed by atoms with Crippen LogP contribution in [0.4, 0.5) is 0 Å². The number of nitrogens with zero attached hydrogens (tertiary/aromatic N) is 3. The van der Waals surface area contributed by atoms with E-state index in [-0.39, 0.29) is 0 Å². The maximum atomic E-state index is 5.85. The van der Waals surface area contributed by atoms with Crippen LogP contribution < -0.4 is 0 Å². The molecule has 4 nitrogen and oxygen atoms in total. The third-order valence-corrected chi connectivity index (χ3v) is 1.90. The summed E-state index contributed by atoms with van der Waals surface area (Å²) in [6.07, 6.45) is 3.41. The van der Waals surface area contributed by atoms with Gasteiger partial charge in [-0.15, -0.1) is 5.10 Å². The molecule has 0 unspecified atom stereocenters. The second-order valence-corrected chi connectivity index (χ2v) is 2.99. The van der Waals surface area contributed by atoms with Crippen LogP contribution in [0.15, 0.2) is 18.5 Å². The third-order valence-electron chi connectivity index (χ3n) is 1.62. The van der Waals surface area contributed by atoms with Crippen molar-refractivity contribution in [1.82, 2.24) is 20.2 Å². The predicted octanol–water partition coefficient (Wildman–Crippen LogP) is 1.83. The number of aromatic nitrogens is 4. The van der Waals surface area contributed by atoms with E-state index < -0.39 is 0 Å². The summed E-state index contributed by atoms with van der Waals surface area (Å²) in [6.45, 7) is 1.86. The molecule has 1 N–H and O–H groups in total. The second kappa shape index (κ2) is 3.14. The van der Waals surface area contributed by atoms with Gasteiger partial charge in [0.2, 0.25) is 0 Å². The number of imidazole rings is 1. The molecule has 0 radical (unpaired) electrons. The minimum Gasteiger partial charge on any atom is -0.345 e. The fraction of sp³-hybridized carbons (Fsp3) is 0.125. The normalized spacial score (nSPS) is 10.3. The first-order valence-corrected chi connectivity index (χ1v) is 4.15. The summed E-state index contributed by atoms with van der Waals surface area (Å²) in [6, 6.07) is 1.84. The van der Waals surface area contributed by atoms with Gasteiger partial charge < -0.3 is 4.98 Å². The minimum absolute atomic E-state index is 0.362. The average molecular weight is 195 g/mol. The van der Waals surface area contributed by atoms with Gasteiger partial charge in [-0.3, -0.25) is 0 Å². The molecular formula is C8H7ClN4. The fourth-order valence-corrected chi connectivity index (χ4v) is 1.23. The third kappa shape index (κ3) is 1.53. The lowest BCUT2D eigenvalue weighted by molar-refractivity contribution is 0.980. The van der Waals surface area contributed by atoms with Crippen LogP contribution in [-0.4, -0.2) is 20.2 Å². The molecule has 0 amide bonds. The fourth-order valence-electron chi connectivity index (χ4n) is 1.05. The first-order chi connectivity index (χ1) is 6.27. The van der Waals surface area contributed by atoms with Gasteiger partial charge >= 0.3 is 0 Å². The number of H-pyrrole nitrogens is 1. The van der Waals surface area contributed by atoms with Crippen molar-refractivity contribution in [3.05, 3.63) is 29.3 Å². The molecule has 0 aromatic carbocycles. The van der Waals surface area contributed by atoms with Crippen LogP contribution >= 0.6 is 11.6 Å². The Labute approximate surface area is 80.0 Å². The van der Waals surface area contributed by atoms with E-state index in [0.717, 1.165) is 11.3 Å². The molecule has 13 heavy (non-hydrogen) atoms. The Kier molecular flexibility index (Phi) is 1.98. The Balaban J connectivity index is 2.57. The van der Waals surface area contributed by atoms with Crippen LogP contribution in [0.3, 0.4) is 0 Å². The van der Waals surface area contributed by atoms with Crippen LogP contribution in [0, 0.1) is 6.92 Å². The van der Waals surface area contributed by atoms with E-state index in [2.05, 4.69) is 20.2 Å². The van der Waals surface area contributed by atoms with Gasteiger partial charge in [0, 0.05) is 12.4 Å². The van der Waals surface area contributed by atoms with Crippen molar-refractivity contribution in [2.75, 3.05) is 0 Å². The summed E-state index contributed by atoms with van der Waals surface area (Å²) in [7, 11) is 0. The summed E-state index contributed by atoms with van der Waals surface area (Å²) in [5.41, 5.74) is 1.59. The Morgan fingerprint density at radius 3 is 2.92 bits per heavy atom. The molecule has 0 spiro atoms. The number of hydrogen-bond acceptors (Lipinski definition) is 3. The van der Waals surface area contributed by atoms with E-state index in [4.69, 9.17) is 11.6 Å². The molecular weight excluding hydrogens is 188 g/mol. The quantitative estimate of drug-likeness (QED) is 0.754. The van der Waals surface area contributed by atoms with Crippen LogP contribution in [-0.2, 0) is 0 Å². The zero-order chi connectivity index (χ0) is 9.26. The molecule has 0 fully saturated rings. The number of hydrogen-bond donors (Lipinski definition) is 1. The van der Waals surface area contributed by atoms with E-state index in [0.29, 0.717) is 11.0 Å². The summed E-state index contributed by atoms with van der Waals surface area (Å²) in [5, 5.41) is 7.98. The highest BCUT2D eigenvalue weighted by atomic mass is 35.5. The maximum absolute atomic E-state index is 5.85. The van der Waals surface area contributed by atoms with Crippen LogP contribution in [0.1, 0.15) is 5.69 Å². The Morgan fingerprint density at radius 2 is 2.23 bits per heavy atom. The smallest absolute Gasteiger partial charge is 0.162 e. The highest BCUT2D eigenvalue weighted by molar-refractivity contribution is 6.31. The molecule has 0 aliphatic rings. The highest BCUT2D eigenvalue weighted by Gasteiger charge is 2.07. The molecule has 2 aromatic heterocycles. The lowest BCUT2D eigenvalue weighted by Crippen LogP contribution is -1.91. The topological polar surface area (TPSA) is 54.5 Å². The maximum Gasteiger partial charge on any atom is 0.162 e. The standard InChI is InChI=1S/C8H7ClN4/c1-5-4-6(7(9)13-12-5)8-10-2-3-11-8/h2-4H,1H3,(H,10,11). The van der Waals surface area contributed by atoms with E-state index in [1.807, 2.05) is 13.0 Å². The Hall–Kier alpha value is -1.42. The summed E-state index contributed by atoms with van der Waals surface area (Å²) in [5.74, 6) is 0.711. The van der Waals surface area contributed by atoms with E-state index in [1.54, 1.807) is 12.4 Å². The van der Waals surface area contributed by atoms with Gasteiger partial charge in [0.05, 0.1) is 11.3 Å². The van der Waals surface area contributed by atoms with E-state index in [9.17, 15) is 0 Å². The largest absolute Gasteiger partial charge is 0.345 e. The number of nitrogens with one attached hydrogen (secondary N) is 1. The number of aryl methyl sites for hydroxylation is 1. The molecule has 5 heteroatoms. The molecule has 0 aliphatic heterocycles. The molecule has 2 aromatic rings. The summed E-state index contributed by atoms with van der Waals surface area (Å²) >= 11 is 5.85. The number of rotatable bonds is 1. The van der Waals surface area contributed by atoms with Crippen molar-refractivity contribution in [2.24, 2.45) is 0 Å². The monoisotopic (exact) mass is 194 g/mol. The van der Waals surface area contributed by atoms with Crippen molar-refractivity contribution in [1.29, 1.82) is 0 Å². The van der Waals surface area contributed by atoms with Crippen LogP contribution in [0.5, 0.6) is 0 Å². The molecule has 0 bridgehead atoms. The van der Waals surface area contributed by atoms with Crippen molar-refractivity contribution >= 4 is 11.6 Å². The van der Waals surface area contributed by atoms with Crippen molar-refractivity contribution in [3.63, 3.8) is 0 Å². The molecule has 0 saturated heterocycles. The van der Waals surface area contributed by atoms with Gasteiger partial charge in [0.1, 0.15) is 5.82 Å². The van der Waals surface area contributed by atoms with Gasteiger partial charge in [-0.25, -0.2) is 4.98 Å². The Bertz CT molecular complexity index is 410. The SMILES string of the molecule is Cc1cc(-c2ncc[nH]2)c(Cl)nn1. The van der Waals surface area contributed by atoms with Gasteiger partial charge in [-0.05, 0) is 13.0 Å². The zero-order valence-electron chi connectivity index (χ0n) is 6.95. The molecule has 0 aliphatic carbocycles. The highest BCUT2D eigenvalue weighted by Crippen LogP contribution is 2.22. The van der Waals surface area contributed by atoms with E-state index >= 15 is 0 Å². The van der Waals surface area contributed by atoms with Gasteiger partial charge in [-0.2, -0.15) is 5.10 Å². The molecule has 66 valence electrons.